The van der Waals surface area contributed by atoms with E-state index in [1.54, 1.807) is 6.07 Å². The van der Waals surface area contributed by atoms with E-state index in [4.69, 9.17) is 27.3 Å². The molecular weight excluding hydrogens is 552 g/mol. The number of nitrogens with two attached hydrogens (primary N) is 1. The quantitative estimate of drug-likeness (QED) is 0.358. The Kier molecular flexibility index (Phi) is 8.47. The van der Waals surface area contributed by atoms with Gasteiger partial charge in [0, 0.05) is 53.2 Å². The van der Waals surface area contributed by atoms with E-state index in [1.807, 2.05) is 0 Å². The fourth-order valence-electron chi connectivity index (χ4n) is 8.70. The summed E-state index contributed by atoms with van der Waals surface area (Å²) in [4.78, 5) is 14.8. The Balaban J connectivity index is 0.000000265. The predicted octanol–water partition coefficient (Wildman–Crippen LogP) is 7.70. The average Bonchev–Trinajstić information content (AvgIpc) is 3.30. The standard InChI is InChI=1S/C26H34ClFN4.C8H14FN/c1-3-21-30-20-15-26(10-8-16(2)22-18(27)14-19(29)24(28)23(22)26)11-9-17(20)25(31-21)32-12-6-4-5-7-13-32;1-8-3-2-4-10(8)6-7(9)5-8/h14,16H,3-13,15,29H2,1-2H3;7H,2-6H2,1H3. The van der Waals surface area contributed by atoms with Crippen LogP contribution in [0.15, 0.2) is 6.07 Å². The molecule has 1 aromatic heterocycles. The second kappa shape index (κ2) is 11.8. The highest BCUT2D eigenvalue weighted by Gasteiger charge is 2.46. The third kappa shape index (κ3) is 5.42. The lowest BCUT2D eigenvalue weighted by Gasteiger charge is -2.45. The number of nitrogens with zero attached hydrogens (tertiary/aromatic N) is 4. The molecule has 0 amide bonds. The van der Waals surface area contributed by atoms with E-state index in [2.05, 4.69) is 30.6 Å². The van der Waals surface area contributed by atoms with Crippen molar-refractivity contribution >= 4 is 23.1 Å². The molecule has 5 aliphatic rings. The van der Waals surface area contributed by atoms with Crippen LogP contribution in [-0.4, -0.2) is 52.8 Å². The summed E-state index contributed by atoms with van der Waals surface area (Å²) in [6, 6.07) is 1.59. The van der Waals surface area contributed by atoms with Gasteiger partial charge < -0.3 is 10.6 Å². The van der Waals surface area contributed by atoms with Gasteiger partial charge in [-0.15, -0.1) is 0 Å². The topological polar surface area (TPSA) is 58.3 Å². The van der Waals surface area contributed by atoms with Crippen LogP contribution in [0.5, 0.6) is 0 Å². The van der Waals surface area contributed by atoms with Crippen molar-refractivity contribution in [2.75, 3.05) is 36.8 Å². The van der Waals surface area contributed by atoms with Gasteiger partial charge in [-0.3, -0.25) is 4.90 Å². The monoisotopic (exact) mass is 599 g/mol. The third-order valence-corrected chi connectivity index (χ3v) is 11.4. The normalized spacial score (nSPS) is 30.8. The number of fused-ring (bicyclic) bond motifs is 4. The summed E-state index contributed by atoms with van der Waals surface area (Å²) < 4.78 is 28.4. The van der Waals surface area contributed by atoms with Crippen molar-refractivity contribution in [2.45, 2.75) is 127 Å². The number of nitrogen functional groups attached to an aromatic ring is 1. The molecule has 2 aromatic rings. The van der Waals surface area contributed by atoms with Crippen LogP contribution in [-0.2, 0) is 24.7 Å². The van der Waals surface area contributed by atoms with Gasteiger partial charge in [0.05, 0.1) is 11.4 Å². The number of rotatable bonds is 2. The zero-order valence-corrected chi connectivity index (χ0v) is 26.5. The molecule has 0 radical (unpaired) electrons. The molecule has 5 nitrogen and oxygen atoms in total. The summed E-state index contributed by atoms with van der Waals surface area (Å²) >= 11 is 6.63. The van der Waals surface area contributed by atoms with Crippen LogP contribution >= 0.6 is 11.6 Å². The molecule has 3 saturated heterocycles. The van der Waals surface area contributed by atoms with E-state index in [-0.39, 0.29) is 28.4 Å². The molecule has 1 spiro atoms. The van der Waals surface area contributed by atoms with Crippen LogP contribution in [0.3, 0.4) is 0 Å². The molecule has 3 fully saturated rings. The van der Waals surface area contributed by atoms with E-state index in [0.29, 0.717) is 11.6 Å². The first-order valence-electron chi connectivity index (χ1n) is 16.4. The van der Waals surface area contributed by atoms with E-state index < -0.39 is 6.17 Å². The van der Waals surface area contributed by atoms with Gasteiger partial charge in [0.1, 0.15) is 23.6 Å². The number of halogens is 3. The van der Waals surface area contributed by atoms with Crippen molar-refractivity contribution < 1.29 is 8.78 Å². The second-order valence-electron chi connectivity index (χ2n) is 13.9. The van der Waals surface area contributed by atoms with Gasteiger partial charge in [0.25, 0.3) is 0 Å². The minimum Gasteiger partial charge on any atom is -0.396 e. The largest absolute Gasteiger partial charge is 0.396 e. The molecule has 0 saturated carbocycles. The van der Waals surface area contributed by atoms with Crippen LogP contribution in [0.1, 0.15) is 119 Å². The molecule has 230 valence electrons. The molecule has 42 heavy (non-hydrogen) atoms. The average molecular weight is 600 g/mol. The van der Waals surface area contributed by atoms with Crippen molar-refractivity contribution in [3.8, 4) is 0 Å². The molecule has 7 rings (SSSR count). The molecule has 3 aliphatic heterocycles. The summed E-state index contributed by atoms with van der Waals surface area (Å²) in [7, 11) is 0. The number of aromatic nitrogens is 2. The second-order valence-corrected chi connectivity index (χ2v) is 14.3. The van der Waals surface area contributed by atoms with Crippen molar-refractivity contribution in [2.24, 2.45) is 0 Å². The highest BCUT2D eigenvalue weighted by Crippen LogP contribution is 2.53. The summed E-state index contributed by atoms with van der Waals surface area (Å²) in [5.74, 6) is 2.01. The van der Waals surface area contributed by atoms with Crippen LogP contribution < -0.4 is 10.6 Å². The van der Waals surface area contributed by atoms with E-state index >= 15 is 4.39 Å². The molecule has 2 N–H and O–H groups in total. The van der Waals surface area contributed by atoms with Gasteiger partial charge in [-0.1, -0.05) is 38.3 Å². The third-order valence-electron chi connectivity index (χ3n) is 11.0. The zero-order chi connectivity index (χ0) is 29.6. The van der Waals surface area contributed by atoms with Gasteiger partial charge in [0.2, 0.25) is 0 Å². The maximum absolute atomic E-state index is 15.6. The molecule has 0 bridgehead atoms. The van der Waals surface area contributed by atoms with Crippen LogP contribution in [0.2, 0.25) is 5.02 Å². The fourth-order valence-corrected chi connectivity index (χ4v) is 9.09. The molecule has 4 atom stereocenters. The van der Waals surface area contributed by atoms with Crippen molar-refractivity contribution in [1.29, 1.82) is 0 Å². The lowest BCUT2D eigenvalue weighted by molar-refractivity contribution is 0.217. The summed E-state index contributed by atoms with van der Waals surface area (Å²) in [5, 5.41) is 0.610. The Morgan fingerprint density at radius 2 is 1.83 bits per heavy atom. The Labute approximate surface area is 255 Å². The Hall–Kier alpha value is -1.99. The summed E-state index contributed by atoms with van der Waals surface area (Å²) in [5.41, 5.74) is 10.3. The highest BCUT2D eigenvalue weighted by atomic mass is 35.5. The van der Waals surface area contributed by atoms with Crippen LogP contribution in [0.25, 0.3) is 0 Å². The smallest absolute Gasteiger partial charge is 0.150 e. The summed E-state index contributed by atoms with van der Waals surface area (Å²) in [6.45, 7) is 10.4. The van der Waals surface area contributed by atoms with E-state index in [1.165, 1.54) is 44.1 Å². The Morgan fingerprint density at radius 3 is 2.55 bits per heavy atom. The summed E-state index contributed by atoms with van der Waals surface area (Å²) in [6.07, 6.45) is 13.0. The maximum Gasteiger partial charge on any atom is 0.150 e. The molecule has 4 unspecified atom stereocenters. The van der Waals surface area contributed by atoms with E-state index in [0.717, 1.165) is 93.0 Å². The van der Waals surface area contributed by atoms with Gasteiger partial charge in [0.15, 0.2) is 0 Å². The Morgan fingerprint density at radius 1 is 1.07 bits per heavy atom. The fraction of sp³-hybridized carbons (Fsp3) is 0.706. The molecule has 2 aliphatic carbocycles. The Bertz CT molecular complexity index is 1310. The molecule has 4 heterocycles. The maximum atomic E-state index is 15.6. The van der Waals surface area contributed by atoms with Crippen LogP contribution in [0, 0.1) is 5.82 Å². The molecule has 1 aromatic carbocycles. The van der Waals surface area contributed by atoms with Gasteiger partial charge >= 0.3 is 0 Å². The van der Waals surface area contributed by atoms with Gasteiger partial charge in [-0.2, -0.15) is 0 Å². The van der Waals surface area contributed by atoms with Crippen molar-refractivity contribution in [3.63, 3.8) is 0 Å². The molecular formula is C34H48ClF2N5. The number of hydrogen-bond donors (Lipinski definition) is 1. The zero-order valence-electron chi connectivity index (χ0n) is 25.8. The minimum atomic E-state index is -0.551. The number of anilines is 2. The van der Waals surface area contributed by atoms with E-state index in [9.17, 15) is 4.39 Å². The minimum absolute atomic E-state index is 0.162. The number of aryl methyl sites for hydroxylation is 1. The van der Waals surface area contributed by atoms with Gasteiger partial charge in [-0.05, 0) is 95.2 Å². The lowest BCUT2D eigenvalue weighted by Crippen LogP contribution is -2.40. The number of benzene rings is 1. The lowest BCUT2D eigenvalue weighted by atomic mass is 9.60. The van der Waals surface area contributed by atoms with Crippen molar-refractivity contribution in [3.05, 3.63) is 45.1 Å². The number of hydrogen-bond acceptors (Lipinski definition) is 5. The van der Waals surface area contributed by atoms with Crippen LogP contribution in [0.4, 0.5) is 20.3 Å². The van der Waals surface area contributed by atoms with Gasteiger partial charge in [-0.25, -0.2) is 18.7 Å². The SMILES string of the molecule is CC12CCCN1CC(F)C2.CCc1nc2c(c(N3CCCCCC3)n1)CCC1(CCC(C)c3c(Cl)cc(N)c(F)c31)C2. The van der Waals surface area contributed by atoms with Crippen molar-refractivity contribution in [1.82, 2.24) is 14.9 Å². The predicted molar refractivity (Wildman–Crippen MR) is 168 cm³/mol. The molecule has 8 heteroatoms. The first-order chi connectivity index (χ1) is 20.1. The first-order valence-corrected chi connectivity index (χ1v) is 16.8. The first kappa shape index (κ1) is 30.1. The highest BCUT2D eigenvalue weighted by molar-refractivity contribution is 6.31. The number of alkyl halides is 1.